The number of halogens is 1. The summed E-state index contributed by atoms with van der Waals surface area (Å²) in [4.78, 5) is 16.3. The SMILES string of the molecule is Cc1ccc(Cl)cc1CNC(=O)CCc1nc(-c2ccsc2)no1. The van der Waals surface area contributed by atoms with Crippen molar-refractivity contribution in [2.75, 3.05) is 0 Å². The fourth-order valence-corrected chi connectivity index (χ4v) is 3.03. The van der Waals surface area contributed by atoms with Crippen LogP contribution in [0.5, 0.6) is 0 Å². The molecule has 0 atom stereocenters. The van der Waals surface area contributed by atoms with E-state index in [2.05, 4.69) is 15.5 Å². The quantitative estimate of drug-likeness (QED) is 0.720. The van der Waals surface area contributed by atoms with Gasteiger partial charge in [0.25, 0.3) is 0 Å². The maximum absolute atomic E-state index is 12.0. The van der Waals surface area contributed by atoms with Gasteiger partial charge in [-0.15, -0.1) is 0 Å². The molecule has 5 nitrogen and oxygen atoms in total. The summed E-state index contributed by atoms with van der Waals surface area (Å²) < 4.78 is 5.18. The van der Waals surface area contributed by atoms with Crippen LogP contribution in [0.15, 0.2) is 39.5 Å². The van der Waals surface area contributed by atoms with E-state index < -0.39 is 0 Å². The van der Waals surface area contributed by atoms with Crippen LogP contribution in [0.2, 0.25) is 5.02 Å². The van der Waals surface area contributed by atoms with Gasteiger partial charge in [0, 0.05) is 35.4 Å². The van der Waals surface area contributed by atoms with Crippen LogP contribution in [0.1, 0.15) is 23.4 Å². The molecule has 3 aromatic rings. The summed E-state index contributed by atoms with van der Waals surface area (Å²) >= 11 is 7.55. The van der Waals surface area contributed by atoms with E-state index in [1.54, 1.807) is 11.3 Å². The highest BCUT2D eigenvalue weighted by atomic mass is 35.5. The van der Waals surface area contributed by atoms with Crippen LogP contribution in [0.25, 0.3) is 11.4 Å². The maximum Gasteiger partial charge on any atom is 0.227 e. The Morgan fingerprint density at radius 3 is 3.04 bits per heavy atom. The fraction of sp³-hybridized carbons (Fsp3) is 0.235. The van der Waals surface area contributed by atoms with Crippen LogP contribution in [0, 0.1) is 6.92 Å². The fourth-order valence-electron chi connectivity index (χ4n) is 2.20. The minimum atomic E-state index is -0.0651. The van der Waals surface area contributed by atoms with Gasteiger partial charge in [-0.2, -0.15) is 16.3 Å². The molecular weight excluding hydrogens is 346 g/mol. The average molecular weight is 362 g/mol. The molecule has 124 valence electrons. The predicted molar refractivity (Wildman–Crippen MR) is 94.0 cm³/mol. The van der Waals surface area contributed by atoms with Gasteiger partial charge in [0.15, 0.2) is 0 Å². The van der Waals surface area contributed by atoms with Crippen LogP contribution < -0.4 is 5.32 Å². The lowest BCUT2D eigenvalue weighted by molar-refractivity contribution is -0.121. The minimum Gasteiger partial charge on any atom is -0.352 e. The summed E-state index contributed by atoms with van der Waals surface area (Å²) in [7, 11) is 0. The van der Waals surface area contributed by atoms with Crippen LogP contribution in [-0.4, -0.2) is 16.0 Å². The monoisotopic (exact) mass is 361 g/mol. The highest BCUT2D eigenvalue weighted by Gasteiger charge is 2.11. The molecule has 0 saturated carbocycles. The van der Waals surface area contributed by atoms with Gasteiger partial charge in [0.05, 0.1) is 0 Å². The largest absolute Gasteiger partial charge is 0.352 e. The lowest BCUT2D eigenvalue weighted by Gasteiger charge is -2.08. The third kappa shape index (κ3) is 4.21. The Morgan fingerprint density at radius 1 is 1.38 bits per heavy atom. The Balaban J connectivity index is 1.50. The highest BCUT2D eigenvalue weighted by molar-refractivity contribution is 7.08. The number of nitrogens with one attached hydrogen (secondary N) is 1. The van der Waals surface area contributed by atoms with Crippen molar-refractivity contribution in [2.45, 2.75) is 26.3 Å². The molecule has 2 heterocycles. The van der Waals surface area contributed by atoms with Crippen molar-refractivity contribution in [1.82, 2.24) is 15.5 Å². The van der Waals surface area contributed by atoms with Crippen molar-refractivity contribution < 1.29 is 9.32 Å². The van der Waals surface area contributed by atoms with Gasteiger partial charge >= 0.3 is 0 Å². The molecule has 0 aliphatic carbocycles. The topological polar surface area (TPSA) is 68.0 Å². The summed E-state index contributed by atoms with van der Waals surface area (Å²) in [5.41, 5.74) is 3.03. The lowest BCUT2D eigenvalue weighted by Crippen LogP contribution is -2.23. The Morgan fingerprint density at radius 2 is 2.25 bits per heavy atom. The number of aryl methyl sites for hydroxylation is 2. The highest BCUT2D eigenvalue weighted by Crippen LogP contribution is 2.19. The molecule has 2 aromatic heterocycles. The molecule has 0 radical (unpaired) electrons. The molecule has 3 rings (SSSR count). The average Bonchev–Trinajstić information content (AvgIpc) is 3.24. The van der Waals surface area contributed by atoms with Gasteiger partial charge in [-0.05, 0) is 41.6 Å². The third-order valence-electron chi connectivity index (χ3n) is 3.60. The van der Waals surface area contributed by atoms with Crippen molar-refractivity contribution >= 4 is 28.8 Å². The second-order valence-electron chi connectivity index (χ2n) is 5.37. The third-order valence-corrected chi connectivity index (χ3v) is 4.52. The van der Waals surface area contributed by atoms with E-state index in [1.807, 2.05) is 41.9 Å². The number of rotatable bonds is 6. The van der Waals surface area contributed by atoms with E-state index in [4.69, 9.17) is 16.1 Å². The van der Waals surface area contributed by atoms with Gasteiger partial charge in [-0.1, -0.05) is 22.8 Å². The minimum absolute atomic E-state index is 0.0651. The molecule has 24 heavy (non-hydrogen) atoms. The number of benzene rings is 1. The van der Waals surface area contributed by atoms with Crippen molar-refractivity contribution in [2.24, 2.45) is 0 Å². The Kier molecular flexibility index (Phi) is 5.27. The van der Waals surface area contributed by atoms with Crippen molar-refractivity contribution in [3.05, 3.63) is 57.1 Å². The van der Waals surface area contributed by atoms with Gasteiger partial charge < -0.3 is 9.84 Å². The second-order valence-corrected chi connectivity index (χ2v) is 6.59. The zero-order valence-electron chi connectivity index (χ0n) is 13.1. The molecule has 0 saturated heterocycles. The molecule has 0 bridgehead atoms. The molecule has 7 heteroatoms. The molecule has 0 unspecified atom stereocenters. The first-order chi connectivity index (χ1) is 11.6. The number of hydrogen-bond acceptors (Lipinski definition) is 5. The van der Waals surface area contributed by atoms with Crippen molar-refractivity contribution in [1.29, 1.82) is 0 Å². The van der Waals surface area contributed by atoms with E-state index in [-0.39, 0.29) is 5.91 Å². The molecule has 1 N–H and O–H groups in total. The van der Waals surface area contributed by atoms with Crippen LogP contribution in [0.4, 0.5) is 0 Å². The van der Waals surface area contributed by atoms with Crippen molar-refractivity contribution in [3.63, 3.8) is 0 Å². The first-order valence-electron chi connectivity index (χ1n) is 7.48. The van der Waals surface area contributed by atoms with E-state index in [0.717, 1.165) is 16.7 Å². The Bertz CT molecular complexity index is 830. The summed E-state index contributed by atoms with van der Waals surface area (Å²) in [5, 5.41) is 11.4. The van der Waals surface area contributed by atoms with E-state index in [1.165, 1.54) is 0 Å². The molecule has 0 fully saturated rings. The zero-order valence-corrected chi connectivity index (χ0v) is 14.7. The smallest absolute Gasteiger partial charge is 0.227 e. The molecule has 1 amide bonds. The van der Waals surface area contributed by atoms with Gasteiger partial charge in [0.2, 0.25) is 17.6 Å². The predicted octanol–water partition coefficient (Wildman–Crippen LogP) is 4.01. The van der Waals surface area contributed by atoms with Gasteiger partial charge in [0.1, 0.15) is 0 Å². The summed E-state index contributed by atoms with van der Waals surface area (Å²) in [5.74, 6) is 0.955. The number of aromatic nitrogens is 2. The number of carbonyl (C=O) groups excluding carboxylic acids is 1. The molecule has 0 spiro atoms. The lowest BCUT2D eigenvalue weighted by atomic mass is 10.1. The second kappa shape index (κ2) is 7.59. The standard InChI is InChI=1S/C17H16ClN3O2S/c1-11-2-3-14(18)8-13(11)9-19-15(22)4-5-16-20-17(21-23-16)12-6-7-24-10-12/h2-3,6-8,10H,4-5,9H2,1H3,(H,19,22). The van der Waals surface area contributed by atoms with Crippen molar-refractivity contribution in [3.8, 4) is 11.4 Å². The molecule has 0 aliphatic heterocycles. The number of amides is 1. The van der Waals surface area contributed by atoms with Gasteiger partial charge in [-0.3, -0.25) is 4.79 Å². The number of thiophene rings is 1. The van der Waals surface area contributed by atoms with Crippen LogP contribution >= 0.6 is 22.9 Å². The Labute approximate surface area is 148 Å². The number of nitrogens with zero attached hydrogens (tertiary/aromatic N) is 2. The first kappa shape index (κ1) is 16.7. The molecular formula is C17H16ClN3O2S. The van der Waals surface area contributed by atoms with Gasteiger partial charge in [-0.25, -0.2) is 0 Å². The first-order valence-corrected chi connectivity index (χ1v) is 8.81. The molecule has 1 aromatic carbocycles. The summed E-state index contributed by atoms with van der Waals surface area (Å²) in [6.07, 6.45) is 0.711. The molecule has 0 aliphatic rings. The van der Waals surface area contributed by atoms with E-state index in [0.29, 0.717) is 36.1 Å². The number of carbonyl (C=O) groups is 1. The Hall–Kier alpha value is -2.18. The maximum atomic E-state index is 12.0. The normalized spacial score (nSPS) is 10.8. The summed E-state index contributed by atoms with van der Waals surface area (Å²) in [6.45, 7) is 2.44. The van der Waals surface area contributed by atoms with Crippen LogP contribution in [0.3, 0.4) is 0 Å². The van der Waals surface area contributed by atoms with E-state index in [9.17, 15) is 4.79 Å². The van der Waals surface area contributed by atoms with Crippen LogP contribution in [-0.2, 0) is 17.8 Å². The number of hydrogen-bond donors (Lipinski definition) is 1. The van der Waals surface area contributed by atoms with E-state index >= 15 is 0 Å². The summed E-state index contributed by atoms with van der Waals surface area (Å²) in [6, 6.07) is 7.57. The zero-order chi connectivity index (χ0) is 16.9.